The van der Waals surface area contributed by atoms with Crippen LogP contribution in [-0.4, -0.2) is 20.3 Å². The Kier molecular flexibility index (Phi) is 3.31. The van der Waals surface area contributed by atoms with Gasteiger partial charge in [0.2, 0.25) is 0 Å². The van der Waals surface area contributed by atoms with Crippen molar-refractivity contribution in [2.45, 2.75) is 18.9 Å². The maximum atomic E-state index is 6.29. The predicted octanol–water partition coefficient (Wildman–Crippen LogP) is 3.73. The van der Waals surface area contributed by atoms with Crippen LogP contribution in [0.25, 0.3) is 0 Å². The van der Waals surface area contributed by atoms with Crippen LogP contribution in [0.4, 0.5) is 5.69 Å². The van der Waals surface area contributed by atoms with Gasteiger partial charge in [-0.3, -0.25) is 0 Å². The number of fused-ring (bicyclic) bond motifs is 1. The van der Waals surface area contributed by atoms with Crippen molar-refractivity contribution < 1.29 is 9.47 Å². The highest BCUT2D eigenvalue weighted by molar-refractivity contribution is 6.33. The van der Waals surface area contributed by atoms with Gasteiger partial charge >= 0.3 is 0 Å². The van der Waals surface area contributed by atoms with E-state index in [1.807, 2.05) is 6.07 Å². The van der Waals surface area contributed by atoms with Gasteiger partial charge in [0.05, 0.1) is 24.9 Å². The molecule has 0 amide bonds. The number of ether oxygens (including phenoxy) is 2. The van der Waals surface area contributed by atoms with Crippen LogP contribution < -0.4 is 14.8 Å². The van der Waals surface area contributed by atoms with E-state index in [0.717, 1.165) is 11.6 Å². The second-order valence-electron chi connectivity index (χ2n) is 5.17. The fraction of sp³-hybridized carbons (Fsp3) is 0.467. The van der Waals surface area contributed by atoms with Gasteiger partial charge in [0.1, 0.15) is 0 Å². The molecular formula is C15H18ClNO2. The molecule has 1 aromatic carbocycles. The Balaban J connectivity index is 1.79. The molecule has 3 rings (SSSR count). The van der Waals surface area contributed by atoms with Crippen LogP contribution in [0, 0.1) is 11.8 Å². The van der Waals surface area contributed by atoms with Crippen LogP contribution >= 0.6 is 11.6 Å². The van der Waals surface area contributed by atoms with Crippen molar-refractivity contribution >= 4 is 17.3 Å². The van der Waals surface area contributed by atoms with Gasteiger partial charge < -0.3 is 14.8 Å². The Hall–Kier alpha value is -1.35. The van der Waals surface area contributed by atoms with Crippen molar-refractivity contribution in [3.8, 4) is 11.5 Å². The maximum Gasteiger partial charge on any atom is 0.162 e. The molecule has 0 radical (unpaired) electrons. The molecule has 3 atom stereocenters. The van der Waals surface area contributed by atoms with Crippen LogP contribution in [0.15, 0.2) is 24.3 Å². The zero-order chi connectivity index (χ0) is 13.4. The SMILES string of the molecule is COc1cc(Cl)c(NC2CC3CC=CC32)cc1OC. The summed E-state index contributed by atoms with van der Waals surface area (Å²) in [5, 5.41) is 4.19. The van der Waals surface area contributed by atoms with E-state index < -0.39 is 0 Å². The second-order valence-corrected chi connectivity index (χ2v) is 5.58. The summed E-state index contributed by atoms with van der Waals surface area (Å²) in [4.78, 5) is 0. The molecule has 19 heavy (non-hydrogen) atoms. The van der Waals surface area contributed by atoms with E-state index in [2.05, 4.69) is 17.5 Å². The first-order valence-corrected chi connectivity index (χ1v) is 6.95. The van der Waals surface area contributed by atoms with E-state index in [4.69, 9.17) is 21.1 Å². The first-order chi connectivity index (χ1) is 9.22. The number of rotatable bonds is 4. The largest absolute Gasteiger partial charge is 0.493 e. The van der Waals surface area contributed by atoms with E-state index in [1.54, 1.807) is 20.3 Å². The molecule has 0 aromatic heterocycles. The summed E-state index contributed by atoms with van der Waals surface area (Å²) in [5.74, 6) is 2.85. The highest BCUT2D eigenvalue weighted by atomic mass is 35.5. The Morgan fingerprint density at radius 3 is 2.63 bits per heavy atom. The number of halogens is 1. The van der Waals surface area contributed by atoms with Gasteiger partial charge in [-0.2, -0.15) is 0 Å². The number of hydrogen-bond acceptors (Lipinski definition) is 3. The number of nitrogens with one attached hydrogen (secondary N) is 1. The van der Waals surface area contributed by atoms with Crippen LogP contribution in [-0.2, 0) is 0 Å². The summed E-state index contributed by atoms with van der Waals surface area (Å²) in [6, 6.07) is 4.19. The summed E-state index contributed by atoms with van der Waals surface area (Å²) in [7, 11) is 3.25. The van der Waals surface area contributed by atoms with E-state index in [1.165, 1.54) is 12.8 Å². The molecule has 0 saturated heterocycles. The minimum Gasteiger partial charge on any atom is -0.493 e. The van der Waals surface area contributed by atoms with Gasteiger partial charge in [-0.15, -0.1) is 0 Å². The summed E-state index contributed by atoms with van der Waals surface area (Å²) in [5.41, 5.74) is 0.920. The highest BCUT2D eigenvalue weighted by Gasteiger charge is 2.41. The lowest BCUT2D eigenvalue weighted by Gasteiger charge is -2.41. The maximum absolute atomic E-state index is 6.29. The van der Waals surface area contributed by atoms with E-state index in [9.17, 15) is 0 Å². The molecule has 1 saturated carbocycles. The zero-order valence-corrected chi connectivity index (χ0v) is 11.9. The average Bonchev–Trinajstić information content (AvgIpc) is 2.78. The van der Waals surface area contributed by atoms with Gasteiger partial charge in [0.15, 0.2) is 11.5 Å². The van der Waals surface area contributed by atoms with Crippen LogP contribution in [0.1, 0.15) is 12.8 Å². The zero-order valence-electron chi connectivity index (χ0n) is 11.2. The average molecular weight is 280 g/mol. The molecule has 4 heteroatoms. The molecule has 0 bridgehead atoms. The minimum atomic E-state index is 0.486. The lowest BCUT2D eigenvalue weighted by atomic mass is 9.71. The molecule has 1 fully saturated rings. The Labute approximate surface area is 118 Å². The normalized spacial score (nSPS) is 27.6. The molecular weight excluding hydrogens is 262 g/mol. The lowest BCUT2D eigenvalue weighted by Crippen LogP contribution is -2.43. The van der Waals surface area contributed by atoms with Crippen LogP contribution in [0.5, 0.6) is 11.5 Å². The third-order valence-corrected chi connectivity index (χ3v) is 4.49. The van der Waals surface area contributed by atoms with Gasteiger partial charge in [0.25, 0.3) is 0 Å². The molecule has 1 aromatic rings. The van der Waals surface area contributed by atoms with Crippen molar-refractivity contribution in [1.82, 2.24) is 0 Å². The summed E-state index contributed by atoms with van der Waals surface area (Å²) in [6.45, 7) is 0. The molecule has 1 N–H and O–H groups in total. The molecule has 3 unspecified atom stereocenters. The molecule has 3 nitrogen and oxygen atoms in total. The van der Waals surface area contributed by atoms with Gasteiger partial charge in [-0.1, -0.05) is 23.8 Å². The quantitative estimate of drug-likeness (QED) is 0.852. The number of hydrogen-bond donors (Lipinski definition) is 1. The van der Waals surface area contributed by atoms with E-state index in [0.29, 0.717) is 28.5 Å². The number of anilines is 1. The highest BCUT2D eigenvalue weighted by Crippen LogP contribution is 2.45. The first-order valence-electron chi connectivity index (χ1n) is 6.57. The van der Waals surface area contributed by atoms with Crippen molar-refractivity contribution in [1.29, 1.82) is 0 Å². The minimum absolute atomic E-state index is 0.486. The van der Waals surface area contributed by atoms with Crippen molar-refractivity contribution in [3.63, 3.8) is 0 Å². The van der Waals surface area contributed by atoms with E-state index >= 15 is 0 Å². The van der Waals surface area contributed by atoms with Crippen molar-refractivity contribution in [2.75, 3.05) is 19.5 Å². The molecule has 0 aliphatic heterocycles. The number of methoxy groups -OCH3 is 2. The lowest BCUT2D eigenvalue weighted by molar-refractivity contribution is 0.218. The molecule has 2 aliphatic carbocycles. The van der Waals surface area contributed by atoms with E-state index in [-0.39, 0.29) is 0 Å². The second kappa shape index (κ2) is 4.97. The van der Waals surface area contributed by atoms with Gasteiger partial charge in [-0.05, 0) is 18.8 Å². The topological polar surface area (TPSA) is 30.5 Å². The number of allylic oxidation sites excluding steroid dienone is 1. The first kappa shape index (κ1) is 12.7. The molecule has 0 spiro atoms. The predicted molar refractivity (Wildman–Crippen MR) is 77.3 cm³/mol. The Bertz CT molecular complexity index is 515. The van der Waals surface area contributed by atoms with Gasteiger partial charge in [0, 0.05) is 24.1 Å². The van der Waals surface area contributed by atoms with Gasteiger partial charge in [-0.25, -0.2) is 0 Å². The standard InChI is InChI=1S/C15H18ClNO2/c1-18-14-7-11(16)13(8-15(14)19-2)17-12-6-9-4-3-5-10(9)12/h3,5,7-10,12,17H,4,6H2,1-2H3. The fourth-order valence-corrected chi connectivity index (χ4v) is 3.26. The van der Waals surface area contributed by atoms with Crippen LogP contribution in [0.3, 0.4) is 0 Å². The van der Waals surface area contributed by atoms with Crippen molar-refractivity contribution in [3.05, 3.63) is 29.3 Å². The Morgan fingerprint density at radius 2 is 1.95 bits per heavy atom. The monoisotopic (exact) mass is 279 g/mol. The summed E-state index contributed by atoms with van der Waals surface area (Å²) in [6.07, 6.45) is 7.04. The number of benzene rings is 1. The molecule has 102 valence electrons. The smallest absolute Gasteiger partial charge is 0.162 e. The third kappa shape index (κ3) is 2.16. The molecule has 0 heterocycles. The summed E-state index contributed by atoms with van der Waals surface area (Å²) < 4.78 is 10.6. The third-order valence-electron chi connectivity index (χ3n) is 4.18. The van der Waals surface area contributed by atoms with Crippen molar-refractivity contribution in [2.24, 2.45) is 11.8 Å². The molecule has 2 aliphatic rings. The fourth-order valence-electron chi connectivity index (χ4n) is 3.05. The van der Waals surface area contributed by atoms with Crippen LogP contribution in [0.2, 0.25) is 5.02 Å². The Morgan fingerprint density at radius 1 is 1.21 bits per heavy atom. The summed E-state index contributed by atoms with van der Waals surface area (Å²) >= 11 is 6.29.